The van der Waals surface area contributed by atoms with Gasteiger partial charge in [-0.2, -0.15) is 0 Å². The zero-order valence-electron chi connectivity index (χ0n) is 15.8. The molecule has 3 aromatic carbocycles. The van der Waals surface area contributed by atoms with Crippen molar-refractivity contribution >= 4 is 44.8 Å². The summed E-state index contributed by atoms with van der Waals surface area (Å²) >= 11 is 12.3. The summed E-state index contributed by atoms with van der Waals surface area (Å²) in [6.07, 6.45) is 0.630. The van der Waals surface area contributed by atoms with Crippen LogP contribution in [-0.2, 0) is 23.0 Å². The number of carbonyl (C=O) groups is 1. The molecule has 30 heavy (non-hydrogen) atoms. The molecule has 0 bridgehead atoms. The highest BCUT2D eigenvalue weighted by Crippen LogP contribution is 2.35. The van der Waals surface area contributed by atoms with E-state index in [-0.39, 0.29) is 22.0 Å². The first-order valence-electron chi connectivity index (χ1n) is 9.30. The molecule has 0 saturated heterocycles. The van der Waals surface area contributed by atoms with Crippen LogP contribution in [0.5, 0.6) is 0 Å². The highest BCUT2D eigenvalue weighted by Gasteiger charge is 2.32. The van der Waals surface area contributed by atoms with Gasteiger partial charge in [0, 0.05) is 23.7 Å². The van der Waals surface area contributed by atoms with Crippen LogP contribution in [0.3, 0.4) is 0 Å². The number of hydrogen-bond acceptors (Lipinski definition) is 3. The van der Waals surface area contributed by atoms with E-state index in [1.165, 1.54) is 22.5 Å². The lowest BCUT2D eigenvalue weighted by Gasteiger charge is -2.20. The number of rotatable bonds is 5. The lowest BCUT2D eigenvalue weighted by Crippen LogP contribution is -2.30. The molecule has 5 nitrogen and oxygen atoms in total. The molecule has 1 N–H and O–H groups in total. The van der Waals surface area contributed by atoms with Crippen LogP contribution in [0.4, 0.5) is 5.69 Å². The zero-order valence-corrected chi connectivity index (χ0v) is 18.1. The van der Waals surface area contributed by atoms with E-state index in [1.54, 1.807) is 24.3 Å². The van der Waals surface area contributed by atoms with E-state index in [0.717, 1.165) is 11.1 Å². The molecular weight excluding hydrogens is 443 g/mol. The zero-order chi connectivity index (χ0) is 21.3. The molecule has 0 atom stereocenters. The molecule has 0 spiro atoms. The highest BCUT2D eigenvalue weighted by atomic mass is 35.5. The third kappa shape index (κ3) is 3.90. The number of hydrogen-bond donors (Lipinski definition) is 1. The van der Waals surface area contributed by atoms with E-state index in [1.807, 2.05) is 24.3 Å². The Morgan fingerprint density at radius 1 is 0.967 bits per heavy atom. The number of carbonyl (C=O) groups excluding carboxylic acids is 1. The number of anilines is 1. The standard InChI is InChI=1S/C22H18Cl2N2O3S/c23-18-7-3-1-6-17(18)14-25-22(27)16-9-10-19(24)21(13-16)30(28,29)26-12-11-15-5-2-4-8-20(15)26/h1-10,13H,11-12,14H2,(H,25,27). The average Bonchev–Trinajstić information content (AvgIpc) is 3.18. The van der Waals surface area contributed by atoms with Gasteiger partial charge in [0.15, 0.2) is 0 Å². The molecule has 3 aromatic rings. The second-order valence-electron chi connectivity index (χ2n) is 6.88. The first-order valence-corrected chi connectivity index (χ1v) is 11.5. The second-order valence-corrected chi connectivity index (χ2v) is 9.52. The number of nitrogens with zero attached hydrogens (tertiary/aromatic N) is 1. The third-order valence-corrected chi connectivity index (χ3v) is 7.67. The summed E-state index contributed by atoms with van der Waals surface area (Å²) in [6, 6.07) is 18.8. The predicted molar refractivity (Wildman–Crippen MR) is 119 cm³/mol. The molecule has 1 aliphatic rings. The normalized spacial score (nSPS) is 13.2. The Balaban J connectivity index is 1.60. The fourth-order valence-electron chi connectivity index (χ4n) is 3.44. The van der Waals surface area contributed by atoms with Gasteiger partial charge in [0.25, 0.3) is 15.9 Å². The summed E-state index contributed by atoms with van der Waals surface area (Å²) in [5.41, 5.74) is 2.58. The monoisotopic (exact) mass is 460 g/mol. The minimum absolute atomic E-state index is 0.0713. The Kier molecular flexibility index (Phi) is 5.73. The Morgan fingerprint density at radius 2 is 1.70 bits per heavy atom. The quantitative estimate of drug-likeness (QED) is 0.601. The Labute approximate surface area is 185 Å². The molecule has 1 aliphatic heterocycles. The van der Waals surface area contributed by atoms with Crippen molar-refractivity contribution in [2.45, 2.75) is 17.9 Å². The summed E-state index contributed by atoms with van der Waals surface area (Å²) in [6.45, 7) is 0.559. The maximum absolute atomic E-state index is 13.3. The smallest absolute Gasteiger partial charge is 0.265 e. The van der Waals surface area contributed by atoms with Crippen LogP contribution in [0.1, 0.15) is 21.5 Å². The van der Waals surface area contributed by atoms with Gasteiger partial charge in [-0.25, -0.2) is 8.42 Å². The van der Waals surface area contributed by atoms with Crippen LogP contribution in [-0.4, -0.2) is 20.9 Å². The van der Waals surface area contributed by atoms with Gasteiger partial charge in [0.2, 0.25) is 0 Å². The van der Waals surface area contributed by atoms with Crippen LogP contribution in [0.25, 0.3) is 0 Å². The number of amides is 1. The highest BCUT2D eigenvalue weighted by molar-refractivity contribution is 7.93. The largest absolute Gasteiger partial charge is 0.348 e. The first kappa shape index (κ1) is 20.7. The van der Waals surface area contributed by atoms with Crippen molar-refractivity contribution in [1.82, 2.24) is 5.32 Å². The topological polar surface area (TPSA) is 66.5 Å². The van der Waals surface area contributed by atoms with E-state index < -0.39 is 15.9 Å². The van der Waals surface area contributed by atoms with E-state index >= 15 is 0 Å². The summed E-state index contributed by atoms with van der Waals surface area (Å²) in [5.74, 6) is -0.412. The minimum Gasteiger partial charge on any atom is -0.348 e. The van der Waals surface area contributed by atoms with Crippen molar-refractivity contribution in [3.63, 3.8) is 0 Å². The Bertz CT molecular complexity index is 1230. The SMILES string of the molecule is O=C(NCc1ccccc1Cl)c1ccc(Cl)c(S(=O)(=O)N2CCc3ccccc32)c1. The molecule has 0 saturated carbocycles. The fourth-order valence-corrected chi connectivity index (χ4v) is 5.65. The van der Waals surface area contributed by atoms with Crippen molar-refractivity contribution < 1.29 is 13.2 Å². The fraction of sp³-hybridized carbons (Fsp3) is 0.136. The molecule has 8 heteroatoms. The number of fused-ring (bicyclic) bond motifs is 1. The molecule has 0 aromatic heterocycles. The minimum atomic E-state index is -3.91. The number of sulfonamides is 1. The molecule has 154 valence electrons. The second kappa shape index (κ2) is 8.30. The van der Waals surface area contributed by atoms with Gasteiger partial charge in [-0.1, -0.05) is 59.6 Å². The van der Waals surface area contributed by atoms with Gasteiger partial charge >= 0.3 is 0 Å². The number of para-hydroxylation sites is 1. The first-order chi connectivity index (χ1) is 14.4. The van der Waals surface area contributed by atoms with Gasteiger partial charge in [0.1, 0.15) is 4.90 Å². The number of nitrogens with one attached hydrogen (secondary N) is 1. The van der Waals surface area contributed by atoms with Crippen molar-refractivity contribution in [1.29, 1.82) is 0 Å². The van der Waals surface area contributed by atoms with Crippen molar-refractivity contribution in [2.75, 3.05) is 10.8 Å². The Hall–Kier alpha value is -2.54. The molecule has 1 heterocycles. The summed E-state index contributed by atoms with van der Waals surface area (Å²) in [7, 11) is -3.91. The summed E-state index contributed by atoms with van der Waals surface area (Å²) in [5, 5.41) is 3.38. The van der Waals surface area contributed by atoms with Crippen LogP contribution in [0, 0.1) is 0 Å². The van der Waals surface area contributed by atoms with Gasteiger partial charge in [-0.15, -0.1) is 0 Å². The predicted octanol–water partition coefficient (Wildman–Crippen LogP) is 4.67. The molecule has 4 rings (SSSR count). The van der Waals surface area contributed by atoms with E-state index in [0.29, 0.717) is 23.7 Å². The average molecular weight is 461 g/mol. The molecule has 0 radical (unpaired) electrons. The lowest BCUT2D eigenvalue weighted by atomic mass is 10.2. The van der Waals surface area contributed by atoms with Gasteiger partial charge in [-0.05, 0) is 47.9 Å². The van der Waals surface area contributed by atoms with E-state index in [9.17, 15) is 13.2 Å². The molecule has 0 aliphatic carbocycles. The molecular formula is C22H18Cl2N2O3S. The number of halogens is 2. The van der Waals surface area contributed by atoms with E-state index in [2.05, 4.69) is 5.32 Å². The van der Waals surface area contributed by atoms with E-state index in [4.69, 9.17) is 23.2 Å². The van der Waals surface area contributed by atoms with Crippen LogP contribution < -0.4 is 9.62 Å². The van der Waals surface area contributed by atoms with Gasteiger partial charge in [0.05, 0.1) is 10.7 Å². The number of benzene rings is 3. The summed E-state index contributed by atoms with van der Waals surface area (Å²) < 4.78 is 28.0. The molecule has 0 fully saturated rings. The Morgan fingerprint density at radius 3 is 2.50 bits per heavy atom. The molecule has 1 amide bonds. The van der Waals surface area contributed by atoms with Crippen LogP contribution in [0.15, 0.2) is 71.6 Å². The lowest BCUT2D eigenvalue weighted by molar-refractivity contribution is 0.0950. The van der Waals surface area contributed by atoms with Crippen LogP contribution >= 0.6 is 23.2 Å². The van der Waals surface area contributed by atoms with Gasteiger partial charge < -0.3 is 5.32 Å². The summed E-state index contributed by atoms with van der Waals surface area (Å²) in [4.78, 5) is 12.5. The van der Waals surface area contributed by atoms with Crippen molar-refractivity contribution in [2.24, 2.45) is 0 Å². The third-order valence-electron chi connectivity index (χ3n) is 5.00. The maximum Gasteiger partial charge on any atom is 0.265 e. The van der Waals surface area contributed by atoms with Crippen molar-refractivity contribution in [3.05, 3.63) is 93.5 Å². The van der Waals surface area contributed by atoms with Gasteiger partial charge in [-0.3, -0.25) is 9.10 Å². The van der Waals surface area contributed by atoms with Crippen LogP contribution in [0.2, 0.25) is 10.0 Å². The molecule has 0 unspecified atom stereocenters. The maximum atomic E-state index is 13.3. The van der Waals surface area contributed by atoms with Crippen molar-refractivity contribution in [3.8, 4) is 0 Å².